The quantitative estimate of drug-likeness (QED) is 0.519. The lowest BCUT2D eigenvalue weighted by Crippen LogP contribution is -2.09. The number of thioether (sulfide) groups is 1. The fourth-order valence-electron chi connectivity index (χ4n) is 0.462. The van der Waals surface area contributed by atoms with E-state index in [9.17, 15) is 0 Å². The van der Waals surface area contributed by atoms with Gasteiger partial charge in [-0.1, -0.05) is 18.7 Å². The van der Waals surface area contributed by atoms with Gasteiger partial charge in [-0.25, -0.2) is 0 Å². The van der Waals surface area contributed by atoms with Gasteiger partial charge in [0.25, 0.3) is 0 Å². The SMILES string of the molecule is CCC(C)OC(=S)SCCC#N. The zero-order valence-corrected chi connectivity index (χ0v) is 9.00. The number of nitriles is 1. The van der Waals surface area contributed by atoms with E-state index in [1.165, 1.54) is 11.8 Å². The van der Waals surface area contributed by atoms with Gasteiger partial charge in [0.15, 0.2) is 0 Å². The van der Waals surface area contributed by atoms with Crippen LogP contribution in [0, 0.1) is 11.3 Å². The van der Waals surface area contributed by atoms with E-state index in [2.05, 4.69) is 6.07 Å². The van der Waals surface area contributed by atoms with E-state index < -0.39 is 0 Å². The highest BCUT2D eigenvalue weighted by molar-refractivity contribution is 8.22. The second-order valence-electron chi connectivity index (χ2n) is 2.34. The molecule has 0 aromatic carbocycles. The van der Waals surface area contributed by atoms with Crippen LogP contribution < -0.4 is 0 Å². The van der Waals surface area contributed by atoms with Gasteiger partial charge in [-0.2, -0.15) is 5.26 Å². The van der Waals surface area contributed by atoms with Gasteiger partial charge in [0.1, 0.15) is 0 Å². The summed E-state index contributed by atoms with van der Waals surface area (Å²) in [6.07, 6.45) is 1.67. The normalized spacial score (nSPS) is 11.8. The summed E-state index contributed by atoms with van der Waals surface area (Å²) in [5.41, 5.74) is 0. The maximum absolute atomic E-state index is 8.26. The zero-order valence-electron chi connectivity index (χ0n) is 7.37. The number of rotatable bonds is 4. The highest BCUT2D eigenvalue weighted by Crippen LogP contribution is 2.10. The lowest BCUT2D eigenvalue weighted by molar-refractivity contribution is 0.217. The van der Waals surface area contributed by atoms with E-state index in [1.54, 1.807) is 0 Å². The molecule has 0 bridgehead atoms. The van der Waals surface area contributed by atoms with E-state index in [0.29, 0.717) is 10.8 Å². The maximum Gasteiger partial charge on any atom is 0.220 e. The van der Waals surface area contributed by atoms with Crippen molar-refractivity contribution in [2.24, 2.45) is 0 Å². The van der Waals surface area contributed by atoms with Gasteiger partial charge in [-0.15, -0.1) is 0 Å². The first-order chi connectivity index (χ1) is 5.70. The van der Waals surface area contributed by atoms with Crippen LogP contribution in [0.15, 0.2) is 0 Å². The molecule has 12 heavy (non-hydrogen) atoms. The van der Waals surface area contributed by atoms with E-state index >= 15 is 0 Å². The number of hydrogen-bond donors (Lipinski definition) is 0. The molecule has 1 atom stereocenters. The van der Waals surface area contributed by atoms with Gasteiger partial charge in [-0.3, -0.25) is 0 Å². The van der Waals surface area contributed by atoms with Crippen LogP contribution in [0.1, 0.15) is 26.7 Å². The smallest absolute Gasteiger partial charge is 0.220 e. The topological polar surface area (TPSA) is 33.0 Å². The molecule has 0 aromatic heterocycles. The largest absolute Gasteiger partial charge is 0.476 e. The molecule has 0 fully saturated rings. The molecule has 0 aromatic rings. The predicted molar refractivity (Wildman–Crippen MR) is 56.1 cm³/mol. The van der Waals surface area contributed by atoms with Crippen LogP contribution in [0.25, 0.3) is 0 Å². The Morgan fingerprint density at radius 1 is 1.75 bits per heavy atom. The third-order valence-electron chi connectivity index (χ3n) is 1.31. The van der Waals surface area contributed by atoms with Crippen molar-refractivity contribution in [1.29, 1.82) is 5.26 Å². The fraction of sp³-hybridized carbons (Fsp3) is 0.750. The maximum atomic E-state index is 8.26. The average Bonchev–Trinajstić information content (AvgIpc) is 2.05. The Morgan fingerprint density at radius 2 is 2.42 bits per heavy atom. The molecule has 0 amide bonds. The number of nitrogens with zero attached hydrogens (tertiary/aromatic N) is 1. The van der Waals surface area contributed by atoms with Crippen LogP contribution in [0.3, 0.4) is 0 Å². The molecule has 0 rings (SSSR count). The average molecular weight is 203 g/mol. The standard InChI is InChI=1S/C8H13NOS2/c1-3-7(2)10-8(11)12-6-4-5-9/h7H,3-4,6H2,1-2H3. The molecular formula is C8H13NOS2. The highest BCUT2D eigenvalue weighted by atomic mass is 32.2. The van der Waals surface area contributed by atoms with Gasteiger partial charge in [0.05, 0.1) is 12.2 Å². The van der Waals surface area contributed by atoms with E-state index in [0.717, 1.165) is 12.2 Å². The second-order valence-corrected chi connectivity index (χ2v) is 4.04. The summed E-state index contributed by atoms with van der Waals surface area (Å²) in [6, 6.07) is 2.05. The third kappa shape index (κ3) is 6.44. The van der Waals surface area contributed by atoms with Crippen LogP contribution in [0.5, 0.6) is 0 Å². The molecule has 0 radical (unpaired) electrons. The van der Waals surface area contributed by atoms with Gasteiger partial charge in [-0.05, 0) is 25.6 Å². The second kappa shape index (κ2) is 7.38. The Bertz CT molecular complexity index is 176. The summed E-state index contributed by atoms with van der Waals surface area (Å²) in [4.78, 5) is 0. The van der Waals surface area contributed by atoms with Gasteiger partial charge in [0.2, 0.25) is 4.38 Å². The lowest BCUT2D eigenvalue weighted by atomic mass is 10.3. The summed E-state index contributed by atoms with van der Waals surface area (Å²) in [5.74, 6) is 0.728. The summed E-state index contributed by atoms with van der Waals surface area (Å²) >= 11 is 6.37. The van der Waals surface area contributed by atoms with Crippen molar-refractivity contribution < 1.29 is 4.74 Å². The number of ether oxygens (including phenoxy) is 1. The first kappa shape index (κ1) is 11.7. The Hall–Kier alpha value is -0.270. The number of hydrogen-bond acceptors (Lipinski definition) is 4. The molecule has 0 saturated carbocycles. The van der Waals surface area contributed by atoms with Crippen LogP contribution in [0.2, 0.25) is 0 Å². The molecule has 0 spiro atoms. The predicted octanol–water partition coefficient (Wildman–Crippen LogP) is 2.73. The van der Waals surface area contributed by atoms with Gasteiger partial charge < -0.3 is 4.74 Å². The first-order valence-corrected chi connectivity index (χ1v) is 5.30. The molecule has 4 heteroatoms. The minimum atomic E-state index is 0.187. The molecule has 2 nitrogen and oxygen atoms in total. The summed E-state index contributed by atoms with van der Waals surface area (Å²) in [7, 11) is 0. The fourth-order valence-corrected chi connectivity index (χ4v) is 1.47. The van der Waals surface area contributed by atoms with Crippen molar-refractivity contribution in [3.63, 3.8) is 0 Å². The van der Waals surface area contributed by atoms with Gasteiger partial charge >= 0.3 is 0 Å². The molecule has 0 heterocycles. The third-order valence-corrected chi connectivity index (χ3v) is 2.50. The molecule has 0 aliphatic carbocycles. The Morgan fingerprint density at radius 3 is 2.92 bits per heavy atom. The summed E-state index contributed by atoms with van der Waals surface area (Å²) in [6.45, 7) is 4.03. The highest BCUT2D eigenvalue weighted by Gasteiger charge is 2.03. The molecule has 0 N–H and O–H groups in total. The van der Waals surface area contributed by atoms with E-state index in [4.69, 9.17) is 22.2 Å². The lowest BCUT2D eigenvalue weighted by Gasteiger charge is -2.11. The van der Waals surface area contributed by atoms with E-state index in [-0.39, 0.29) is 6.10 Å². The van der Waals surface area contributed by atoms with Gasteiger partial charge in [0, 0.05) is 12.2 Å². The molecular weight excluding hydrogens is 190 g/mol. The van der Waals surface area contributed by atoms with Crippen molar-refractivity contribution in [3.8, 4) is 6.07 Å². The summed E-state index contributed by atoms with van der Waals surface area (Å²) in [5, 5.41) is 8.26. The molecule has 0 aliphatic heterocycles. The zero-order chi connectivity index (χ0) is 9.40. The van der Waals surface area contributed by atoms with Crippen molar-refractivity contribution in [1.82, 2.24) is 0 Å². The Balaban J connectivity index is 3.41. The first-order valence-electron chi connectivity index (χ1n) is 3.91. The van der Waals surface area contributed by atoms with E-state index in [1.807, 2.05) is 13.8 Å². The number of thiocarbonyl (C=S) groups is 1. The Kier molecular flexibility index (Phi) is 7.22. The van der Waals surface area contributed by atoms with Crippen LogP contribution in [-0.2, 0) is 4.74 Å². The van der Waals surface area contributed by atoms with Crippen LogP contribution >= 0.6 is 24.0 Å². The van der Waals surface area contributed by atoms with Crippen molar-refractivity contribution in [2.75, 3.05) is 5.75 Å². The van der Waals surface area contributed by atoms with Crippen LogP contribution in [0.4, 0.5) is 0 Å². The molecule has 0 saturated heterocycles. The minimum Gasteiger partial charge on any atom is -0.476 e. The molecule has 68 valence electrons. The Labute approximate surface area is 83.3 Å². The minimum absolute atomic E-state index is 0.187. The molecule has 0 aliphatic rings. The van der Waals surface area contributed by atoms with Crippen molar-refractivity contribution >= 4 is 28.4 Å². The van der Waals surface area contributed by atoms with Crippen LogP contribution in [-0.4, -0.2) is 16.2 Å². The van der Waals surface area contributed by atoms with Crippen molar-refractivity contribution in [2.45, 2.75) is 32.8 Å². The summed E-state index contributed by atoms with van der Waals surface area (Å²) < 4.78 is 5.89. The monoisotopic (exact) mass is 203 g/mol. The molecule has 1 unspecified atom stereocenters. The van der Waals surface area contributed by atoms with Crippen molar-refractivity contribution in [3.05, 3.63) is 0 Å².